The highest BCUT2D eigenvalue weighted by Gasteiger charge is 2.15. The molecule has 1 N–H and O–H groups in total. The minimum absolute atomic E-state index is 0.384. The number of halogens is 2. The minimum atomic E-state index is -4.94. The average Bonchev–Trinajstić information content (AvgIpc) is 2.49. The number of hydrogen-bond donors (Lipinski definition) is 1. The van der Waals surface area contributed by atoms with Crippen molar-refractivity contribution in [1.29, 1.82) is 0 Å². The molecule has 2 rings (SSSR count). The van der Waals surface area contributed by atoms with E-state index < -0.39 is 20.5 Å². The fraction of sp³-hybridized carbons (Fsp3) is 0.333. The summed E-state index contributed by atoms with van der Waals surface area (Å²) < 4.78 is 72.0. The number of aliphatic hydroxyl groups excluding tert-OH is 1. The molecule has 0 aliphatic carbocycles. The highest BCUT2D eigenvalue weighted by Crippen LogP contribution is 1.93. The van der Waals surface area contributed by atoms with Gasteiger partial charge in [-0.15, -0.1) is 20.5 Å². The van der Waals surface area contributed by atoms with Crippen LogP contribution < -0.4 is 46.4 Å². The molecule has 28 heavy (non-hydrogen) atoms. The van der Waals surface area contributed by atoms with Gasteiger partial charge in [0.25, 0.3) is 0 Å². The molecule has 0 aromatic carbocycles. The predicted molar refractivity (Wildman–Crippen MR) is 68.8 cm³/mol. The molecule has 0 radical (unpaired) electrons. The third-order valence-corrected chi connectivity index (χ3v) is 2.96. The molecular formula is C15H20Cl2N2O9. The van der Waals surface area contributed by atoms with Gasteiger partial charge < -0.3 is 5.11 Å². The van der Waals surface area contributed by atoms with Crippen LogP contribution in [-0.4, -0.2) is 11.2 Å². The molecule has 0 spiro atoms. The molecule has 11 nitrogen and oxygen atoms in total. The van der Waals surface area contributed by atoms with E-state index in [0.29, 0.717) is 13.1 Å². The fourth-order valence-corrected chi connectivity index (χ4v) is 1.85. The molecule has 2 aromatic rings. The Morgan fingerprint density at radius 3 is 1.11 bits per heavy atom. The number of aromatic nitrogens is 2. The number of nitrogens with zero attached hydrogens (tertiary/aromatic N) is 2. The number of hydrogen-bond acceptors (Lipinski definition) is 9. The molecule has 0 aliphatic heterocycles. The monoisotopic (exact) mass is 442 g/mol. The summed E-state index contributed by atoms with van der Waals surface area (Å²) in [5, 5.41) is 10.1. The second kappa shape index (κ2) is 12.2. The van der Waals surface area contributed by atoms with Crippen molar-refractivity contribution < 1.29 is 72.0 Å². The Labute approximate surface area is 165 Å². The lowest BCUT2D eigenvalue weighted by Crippen LogP contribution is -2.68. The standard InChI is InChI=1S/C15H20N2O.2ClHO4/c1-13-3-7-16(8-4-13)11-15(18)12-17-9-5-14(2)6-10-17;2*2-1(3,4)5/h3-10,15,18H,11-12H2,1-2H3;2*(H,2,3,4,5)/q+2;;/p-2. The van der Waals surface area contributed by atoms with Crippen LogP contribution in [0.4, 0.5) is 0 Å². The maximum absolute atomic E-state index is 10.1. The van der Waals surface area contributed by atoms with E-state index >= 15 is 0 Å². The number of aliphatic hydroxyl groups is 1. The second-order valence-corrected chi connectivity index (χ2v) is 7.07. The smallest absolute Gasteiger partial charge is 0.180 e. The van der Waals surface area contributed by atoms with Crippen LogP contribution in [0.25, 0.3) is 0 Å². The Bertz CT molecular complexity index is 602. The van der Waals surface area contributed by atoms with E-state index in [2.05, 4.69) is 13.8 Å². The predicted octanol–water partition coefficient (Wildman–Crippen LogP) is -8.57. The Kier molecular flexibility index (Phi) is 11.5. The van der Waals surface area contributed by atoms with Crippen LogP contribution in [0.1, 0.15) is 11.1 Å². The minimum Gasteiger partial charge on any atom is -0.381 e. The van der Waals surface area contributed by atoms with Crippen LogP contribution in [0.15, 0.2) is 49.1 Å². The third kappa shape index (κ3) is 19.3. The Morgan fingerprint density at radius 1 is 0.679 bits per heavy atom. The number of aryl methyl sites for hydroxylation is 2. The van der Waals surface area contributed by atoms with Crippen LogP contribution in [0.5, 0.6) is 0 Å². The van der Waals surface area contributed by atoms with E-state index in [1.807, 2.05) is 58.2 Å². The summed E-state index contributed by atoms with van der Waals surface area (Å²) >= 11 is 0. The normalized spacial score (nSPS) is 11.3. The SMILES string of the molecule is Cc1cc[n+](CC(O)C[n+]2ccc(C)cc2)cc1.[O-][Cl+3]([O-])([O-])[O-].[O-][Cl+3]([O-])([O-])[O-]. The van der Waals surface area contributed by atoms with Crippen molar-refractivity contribution in [2.75, 3.05) is 0 Å². The Morgan fingerprint density at radius 2 is 0.893 bits per heavy atom. The van der Waals surface area contributed by atoms with Gasteiger partial charge in [0.1, 0.15) is 0 Å². The summed E-state index contributed by atoms with van der Waals surface area (Å²) in [5.41, 5.74) is 2.46. The highest BCUT2D eigenvalue weighted by atomic mass is 35.7. The van der Waals surface area contributed by atoms with Gasteiger partial charge >= 0.3 is 0 Å². The Hall–Kier alpha value is -1.48. The molecule has 0 atom stereocenters. The molecule has 0 saturated carbocycles. The summed E-state index contributed by atoms with van der Waals surface area (Å²) in [6.45, 7) is 5.34. The zero-order chi connectivity index (χ0) is 22.0. The molecule has 0 bridgehead atoms. The van der Waals surface area contributed by atoms with Crippen LogP contribution in [-0.2, 0) is 13.1 Å². The van der Waals surface area contributed by atoms with Gasteiger partial charge in [0.2, 0.25) is 0 Å². The first-order valence-corrected chi connectivity index (χ1v) is 9.93. The average molecular weight is 443 g/mol. The van der Waals surface area contributed by atoms with E-state index in [9.17, 15) is 5.11 Å². The first-order valence-electron chi connectivity index (χ1n) is 7.46. The molecule has 2 aromatic heterocycles. The summed E-state index contributed by atoms with van der Waals surface area (Å²) in [7, 11) is -9.89. The van der Waals surface area contributed by atoms with E-state index in [0.717, 1.165) is 0 Å². The van der Waals surface area contributed by atoms with Crippen molar-refractivity contribution >= 4 is 0 Å². The fourth-order valence-electron chi connectivity index (χ4n) is 1.85. The van der Waals surface area contributed by atoms with Crippen molar-refractivity contribution in [3.05, 3.63) is 60.2 Å². The maximum atomic E-state index is 10.1. The van der Waals surface area contributed by atoms with Gasteiger partial charge in [-0.2, -0.15) is 0 Å². The zero-order valence-electron chi connectivity index (χ0n) is 15.0. The van der Waals surface area contributed by atoms with Gasteiger partial charge in [0.15, 0.2) is 44.0 Å². The number of pyridine rings is 2. The molecule has 0 aliphatic rings. The lowest BCUT2D eigenvalue weighted by molar-refractivity contribution is -2.00. The van der Waals surface area contributed by atoms with Gasteiger partial charge in [-0.05, 0) is 25.0 Å². The molecule has 0 unspecified atom stereocenters. The topological polar surface area (TPSA) is 212 Å². The van der Waals surface area contributed by atoms with Gasteiger partial charge in [0.05, 0.1) is 0 Å². The second-order valence-electron chi connectivity index (χ2n) is 5.55. The Balaban J connectivity index is 0.000000607. The molecule has 2 heterocycles. The lowest BCUT2D eigenvalue weighted by atomic mass is 10.2. The van der Waals surface area contributed by atoms with E-state index in [4.69, 9.17) is 37.3 Å². The van der Waals surface area contributed by atoms with E-state index in [1.165, 1.54) is 11.1 Å². The van der Waals surface area contributed by atoms with Crippen LogP contribution in [0.3, 0.4) is 0 Å². The molecule has 0 fully saturated rings. The molecular weight excluding hydrogens is 423 g/mol. The quantitative estimate of drug-likeness (QED) is 0.444. The van der Waals surface area contributed by atoms with Crippen molar-refractivity contribution in [2.45, 2.75) is 33.0 Å². The molecule has 0 amide bonds. The van der Waals surface area contributed by atoms with Crippen molar-refractivity contribution in [1.82, 2.24) is 0 Å². The van der Waals surface area contributed by atoms with Gasteiger partial charge in [-0.25, -0.2) is 46.4 Å². The van der Waals surface area contributed by atoms with Crippen molar-refractivity contribution in [3.8, 4) is 0 Å². The van der Waals surface area contributed by atoms with Crippen molar-refractivity contribution in [3.63, 3.8) is 0 Å². The summed E-state index contributed by atoms with van der Waals surface area (Å²) in [5.74, 6) is 0. The maximum Gasteiger partial charge on any atom is 0.180 e. The van der Waals surface area contributed by atoms with E-state index in [1.54, 1.807) is 0 Å². The molecule has 0 saturated heterocycles. The highest BCUT2D eigenvalue weighted by molar-refractivity contribution is 5.03. The lowest BCUT2D eigenvalue weighted by Gasteiger charge is -2.17. The largest absolute Gasteiger partial charge is 0.381 e. The summed E-state index contributed by atoms with van der Waals surface area (Å²) in [6.07, 6.45) is 7.61. The summed E-state index contributed by atoms with van der Waals surface area (Å²) in [6, 6.07) is 8.19. The van der Waals surface area contributed by atoms with Gasteiger partial charge in [0, 0.05) is 24.3 Å². The van der Waals surface area contributed by atoms with Crippen LogP contribution in [0, 0.1) is 34.3 Å². The first kappa shape index (κ1) is 26.5. The van der Waals surface area contributed by atoms with Crippen LogP contribution in [0.2, 0.25) is 0 Å². The first-order chi connectivity index (χ1) is 12.6. The van der Waals surface area contributed by atoms with Gasteiger partial charge in [-0.3, -0.25) is 0 Å². The van der Waals surface area contributed by atoms with Gasteiger partial charge in [-0.1, -0.05) is 0 Å². The van der Waals surface area contributed by atoms with Crippen LogP contribution >= 0.6 is 0 Å². The zero-order valence-corrected chi connectivity index (χ0v) is 16.5. The molecule has 158 valence electrons. The van der Waals surface area contributed by atoms with Crippen molar-refractivity contribution in [2.24, 2.45) is 0 Å². The molecule has 13 heteroatoms. The van der Waals surface area contributed by atoms with E-state index in [-0.39, 0.29) is 6.10 Å². The third-order valence-electron chi connectivity index (χ3n) is 2.96. The number of rotatable bonds is 4. The summed E-state index contributed by atoms with van der Waals surface area (Å²) in [4.78, 5) is 0.